The molecule has 0 radical (unpaired) electrons. The van der Waals surface area contributed by atoms with E-state index in [2.05, 4.69) is 10.0 Å². The standard InChI is InChI=1S/C10H15N3O3S/c1-7(13-17(2,15)16)8-3-5-9(6-4-8)12-10(11)14/h3-7,13H,1-2H3,(H3,11,12,14). The highest BCUT2D eigenvalue weighted by Gasteiger charge is 2.10. The first-order valence-corrected chi connectivity index (χ1v) is 6.81. The Morgan fingerprint density at radius 2 is 1.82 bits per heavy atom. The second kappa shape index (κ2) is 5.15. The van der Waals surface area contributed by atoms with Gasteiger partial charge in [-0.25, -0.2) is 17.9 Å². The van der Waals surface area contributed by atoms with E-state index >= 15 is 0 Å². The van der Waals surface area contributed by atoms with E-state index in [1.165, 1.54) is 0 Å². The van der Waals surface area contributed by atoms with Gasteiger partial charge in [-0.05, 0) is 24.6 Å². The van der Waals surface area contributed by atoms with Crippen LogP contribution in [0.5, 0.6) is 0 Å². The smallest absolute Gasteiger partial charge is 0.316 e. The van der Waals surface area contributed by atoms with Gasteiger partial charge in [0.25, 0.3) is 0 Å². The summed E-state index contributed by atoms with van der Waals surface area (Å²) in [7, 11) is -3.24. The molecular formula is C10H15N3O3S. The van der Waals surface area contributed by atoms with Crippen molar-refractivity contribution in [3.8, 4) is 0 Å². The Morgan fingerprint density at radius 1 is 1.29 bits per heavy atom. The number of nitrogens with one attached hydrogen (secondary N) is 2. The Labute approximate surface area is 100 Å². The summed E-state index contributed by atoms with van der Waals surface area (Å²) in [4.78, 5) is 10.6. The van der Waals surface area contributed by atoms with Gasteiger partial charge in [-0.2, -0.15) is 0 Å². The summed E-state index contributed by atoms with van der Waals surface area (Å²) in [6.07, 6.45) is 1.10. The number of sulfonamides is 1. The molecule has 0 aliphatic heterocycles. The van der Waals surface area contributed by atoms with Gasteiger partial charge in [0.1, 0.15) is 0 Å². The lowest BCUT2D eigenvalue weighted by Crippen LogP contribution is -2.25. The number of anilines is 1. The monoisotopic (exact) mass is 257 g/mol. The maximum Gasteiger partial charge on any atom is 0.316 e. The minimum absolute atomic E-state index is 0.326. The zero-order valence-electron chi connectivity index (χ0n) is 9.60. The number of carbonyl (C=O) groups is 1. The number of amides is 2. The van der Waals surface area contributed by atoms with Crippen LogP contribution in [0.1, 0.15) is 18.5 Å². The average Bonchev–Trinajstić information content (AvgIpc) is 2.15. The third-order valence-corrected chi connectivity index (χ3v) is 2.85. The van der Waals surface area contributed by atoms with E-state index in [1.54, 1.807) is 31.2 Å². The SMILES string of the molecule is CC(NS(C)(=O)=O)c1ccc(NC(N)=O)cc1. The number of carbonyl (C=O) groups excluding carboxylic acids is 1. The van der Waals surface area contributed by atoms with Crippen molar-refractivity contribution in [3.63, 3.8) is 0 Å². The fourth-order valence-electron chi connectivity index (χ4n) is 1.39. The van der Waals surface area contributed by atoms with Gasteiger partial charge in [-0.3, -0.25) is 0 Å². The van der Waals surface area contributed by atoms with Crippen LogP contribution in [0.15, 0.2) is 24.3 Å². The predicted octanol–water partition coefficient (Wildman–Crippen LogP) is 0.787. The summed E-state index contributed by atoms with van der Waals surface area (Å²) < 4.78 is 24.5. The zero-order valence-corrected chi connectivity index (χ0v) is 10.4. The van der Waals surface area contributed by atoms with Crippen molar-refractivity contribution >= 4 is 21.7 Å². The van der Waals surface area contributed by atoms with E-state index in [0.717, 1.165) is 11.8 Å². The Morgan fingerprint density at radius 3 is 2.24 bits per heavy atom. The first-order chi connectivity index (χ1) is 7.78. The third kappa shape index (κ3) is 4.83. The highest BCUT2D eigenvalue weighted by Crippen LogP contribution is 2.16. The first-order valence-electron chi connectivity index (χ1n) is 4.91. The normalized spacial score (nSPS) is 13.1. The largest absolute Gasteiger partial charge is 0.351 e. The van der Waals surface area contributed by atoms with E-state index in [-0.39, 0.29) is 6.04 Å². The molecule has 4 N–H and O–H groups in total. The van der Waals surface area contributed by atoms with Crippen LogP contribution < -0.4 is 15.8 Å². The molecule has 0 saturated carbocycles. The van der Waals surface area contributed by atoms with Gasteiger partial charge in [0.05, 0.1) is 6.26 Å². The van der Waals surface area contributed by atoms with Crippen molar-refractivity contribution in [1.82, 2.24) is 4.72 Å². The molecule has 0 saturated heterocycles. The minimum atomic E-state index is -3.24. The predicted molar refractivity (Wildman–Crippen MR) is 66.0 cm³/mol. The van der Waals surface area contributed by atoms with Crippen LogP contribution in [-0.2, 0) is 10.0 Å². The van der Waals surface area contributed by atoms with E-state index in [9.17, 15) is 13.2 Å². The van der Waals surface area contributed by atoms with Crippen LogP contribution in [0, 0.1) is 0 Å². The molecule has 1 unspecified atom stereocenters. The van der Waals surface area contributed by atoms with Crippen molar-refractivity contribution in [3.05, 3.63) is 29.8 Å². The second-order valence-electron chi connectivity index (χ2n) is 3.72. The summed E-state index contributed by atoms with van der Waals surface area (Å²) in [5.41, 5.74) is 6.32. The lowest BCUT2D eigenvalue weighted by atomic mass is 10.1. The molecule has 0 fully saturated rings. The highest BCUT2D eigenvalue weighted by atomic mass is 32.2. The lowest BCUT2D eigenvalue weighted by molar-refractivity contribution is 0.259. The van der Waals surface area contributed by atoms with Crippen molar-refractivity contribution in [1.29, 1.82) is 0 Å². The van der Waals surface area contributed by atoms with Gasteiger partial charge in [-0.1, -0.05) is 12.1 Å². The summed E-state index contributed by atoms with van der Waals surface area (Å²) >= 11 is 0. The molecule has 0 aliphatic rings. The van der Waals surface area contributed by atoms with Gasteiger partial charge in [0.15, 0.2) is 0 Å². The van der Waals surface area contributed by atoms with Crippen molar-refractivity contribution in [2.45, 2.75) is 13.0 Å². The maximum absolute atomic E-state index is 11.0. The molecule has 1 aromatic rings. The molecule has 6 nitrogen and oxygen atoms in total. The van der Waals surface area contributed by atoms with Gasteiger partial charge in [0, 0.05) is 11.7 Å². The topological polar surface area (TPSA) is 101 Å². The number of urea groups is 1. The number of hydrogen-bond donors (Lipinski definition) is 3. The molecule has 0 heterocycles. The fourth-order valence-corrected chi connectivity index (χ4v) is 2.16. The second-order valence-corrected chi connectivity index (χ2v) is 5.50. The molecule has 17 heavy (non-hydrogen) atoms. The molecule has 0 aliphatic carbocycles. The molecular weight excluding hydrogens is 242 g/mol. The number of nitrogens with two attached hydrogens (primary N) is 1. The maximum atomic E-state index is 11.0. The van der Waals surface area contributed by atoms with Gasteiger partial charge >= 0.3 is 6.03 Å². The summed E-state index contributed by atoms with van der Waals surface area (Å²) in [6, 6.07) is 5.77. The highest BCUT2D eigenvalue weighted by molar-refractivity contribution is 7.88. The zero-order chi connectivity index (χ0) is 13.1. The molecule has 2 amide bonds. The minimum Gasteiger partial charge on any atom is -0.351 e. The number of benzene rings is 1. The Bertz CT molecular complexity index is 496. The van der Waals surface area contributed by atoms with E-state index in [1.807, 2.05) is 0 Å². The first kappa shape index (κ1) is 13.5. The van der Waals surface area contributed by atoms with Crippen LogP contribution in [0.4, 0.5) is 10.5 Å². The summed E-state index contributed by atoms with van der Waals surface area (Å²) in [5, 5.41) is 2.42. The average molecular weight is 257 g/mol. The van der Waals surface area contributed by atoms with Crippen LogP contribution in [0.2, 0.25) is 0 Å². The van der Waals surface area contributed by atoms with E-state index in [4.69, 9.17) is 5.73 Å². The third-order valence-electron chi connectivity index (χ3n) is 2.07. The molecule has 0 aromatic heterocycles. The van der Waals surface area contributed by atoms with Crippen LogP contribution in [0.3, 0.4) is 0 Å². The van der Waals surface area contributed by atoms with Crippen LogP contribution in [-0.4, -0.2) is 20.7 Å². The Kier molecular flexibility index (Phi) is 4.08. The molecule has 1 atom stereocenters. The molecule has 1 aromatic carbocycles. The van der Waals surface area contributed by atoms with Crippen LogP contribution >= 0.6 is 0 Å². The summed E-state index contributed by atoms with van der Waals surface area (Å²) in [6.45, 7) is 1.73. The molecule has 0 bridgehead atoms. The number of hydrogen-bond acceptors (Lipinski definition) is 3. The van der Waals surface area contributed by atoms with Gasteiger partial charge in [-0.15, -0.1) is 0 Å². The van der Waals surface area contributed by atoms with Crippen molar-refractivity contribution < 1.29 is 13.2 Å². The van der Waals surface area contributed by atoms with Gasteiger partial charge < -0.3 is 11.1 Å². The van der Waals surface area contributed by atoms with E-state index < -0.39 is 16.1 Å². The quantitative estimate of drug-likeness (QED) is 0.743. The lowest BCUT2D eigenvalue weighted by Gasteiger charge is -2.13. The fraction of sp³-hybridized carbons (Fsp3) is 0.300. The van der Waals surface area contributed by atoms with Crippen molar-refractivity contribution in [2.24, 2.45) is 5.73 Å². The number of primary amides is 1. The summed E-state index contributed by atoms with van der Waals surface area (Å²) in [5.74, 6) is 0. The molecule has 7 heteroatoms. The molecule has 94 valence electrons. The van der Waals surface area contributed by atoms with Crippen LogP contribution in [0.25, 0.3) is 0 Å². The Hall–Kier alpha value is -1.60. The number of rotatable bonds is 4. The molecule has 1 rings (SSSR count). The molecule has 0 spiro atoms. The van der Waals surface area contributed by atoms with Gasteiger partial charge in [0.2, 0.25) is 10.0 Å². The van der Waals surface area contributed by atoms with Crippen molar-refractivity contribution in [2.75, 3.05) is 11.6 Å². The van der Waals surface area contributed by atoms with E-state index in [0.29, 0.717) is 5.69 Å². The Balaban J connectivity index is 2.77.